The summed E-state index contributed by atoms with van der Waals surface area (Å²) in [6.07, 6.45) is 0.781. The van der Waals surface area contributed by atoms with Crippen molar-refractivity contribution in [2.45, 2.75) is 27.2 Å². The highest BCUT2D eigenvalue weighted by Gasteiger charge is 2.19. The molecule has 4 heteroatoms. The quantitative estimate of drug-likeness (QED) is 0.931. The van der Waals surface area contributed by atoms with E-state index in [2.05, 4.69) is 11.1 Å². The number of ether oxygens (including phenoxy) is 1. The van der Waals surface area contributed by atoms with Crippen molar-refractivity contribution in [1.29, 1.82) is 5.26 Å². The molecule has 0 fully saturated rings. The fraction of sp³-hybridized carbons (Fsp3) is 0.294. The Morgan fingerprint density at radius 2 is 2.00 bits per heavy atom. The van der Waals surface area contributed by atoms with Crippen molar-refractivity contribution in [2.75, 3.05) is 12.3 Å². The van der Waals surface area contributed by atoms with Crippen molar-refractivity contribution < 1.29 is 4.74 Å². The van der Waals surface area contributed by atoms with Crippen LogP contribution in [0.1, 0.15) is 30.7 Å². The summed E-state index contributed by atoms with van der Waals surface area (Å²) in [5.41, 5.74) is 9.99. The summed E-state index contributed by atoms with van der Waals surface area (Å²) in [5.74, 6) is 1.03. The number of nitrogens with two attached hydrogens (primary N) is 1. The van der Waals surface area contributed by atoms with Gasteiger partial charge in [-0.05, 0) is 31.9 Å². The molecule has 1 heterocycles. The second-order valence-corrected chi connectivity index (χ2v) is 4.71. The van der Waals surface area contributed by atoms with E-state index < -0.39 is 0 Å². The van der Waals surface area contributed by atoms with E-state index in [9.17, 15) is 5.26 Å². The highest BCUT2D eigenvalue weighted by molar-refractivity contribution is 5.82. The number of rotatable bonds is 4. The maximum Gasteiger partial charge on any atom is 0.142 e. The van der Waals surface area contributed by atoms with Gasteiger partial charge in [-0.3, -0.25) is 0 Å². The number of pyridine rings is 1. The molecule has 0 unspecified atom stereocenters. The molecule has 0 saturated heterocycles. The number of aromatic nitrogens is 1. The van der Waals surface area contributed by atoms with Crippen LogP contribution in [-0.2, 0) is 6.42 Å². The molecule has 0 radical (unpaired) electrons. The van der Waals surface area contributed by atoms with Gasteiger partial charge in [0.25, 0.3) is 0 Å². The second kappa shape index (κ2) is 6.27. The van der Waals surface area contributed by atoms with Crippen LogP contribution in [0, 0.1) is 18.3 Å². The molecule has 0 aliphatic carbocycles. The van der Waals surface area contributed by atoms with Gasteiger partial charge in [-0.25, -0.2) is 4.98 Å². The molecule has 0 amide bonds. The molecule has 0 saturated carbocycles. The highest BCUT2D eigenvalue weighted by atomic mass is 16.5. The Bertz CT molecular complexity index is 702. The number of nitrogens with zero attached hydrogens (tertiary/aromatic N) is 2. The standard InChI is InChI=1S/C17H19N3O/c1-4-12-11(3)20-17(19)14(10-18)16(12)13-8-6-7-9-15(13)21-5-2/h6-9H,4-5H2,1-3H3,(H2,19,20). The third kappa shape index (κ3) is 2.68. The molecule has 1 aromatic carbocycles. The molecule has 0 bridgehead atoms. The number of para-hydroxylation sites is 1. The minimum absolute atomic E-state index is 0.272. The van der Waals surface area contributed by atoms with E-state index in [1.165, 1.54) is 0 Å². The van der Waals surface area contributed by atoms with Crippen LogP contribution in [0.2, 0.25) is 0 Å². The van der Waals surface area contributed by atoms with Gasteiger partial charge in [0.05, 0.1) is 6.61 Å². The number of anilines is 1. The van der Waals surface area contributed by atoms with Gasteiger partial charge in [-0.2, -0.15) is 5.26 Å². The summed E-state index contributed by atoms with van der Waals surface area (Å²) in [4.78, 5) is 4.29. The zero-order chi connectivity index (χ0) is 15.4. The van der Waals surface area contributed by atoms with Gasteiger partial charge in [0.15, 0.2) is 0 Å². The Balaban J connectivity index is 2.83. The van der Waals surface area contributed by atoms with Crippen LogP contribution in [0.4, 0.5) is 5.82 Å². The first-order chi connectivity index (χ1) is 10.1. The minimum atomic E-state index is 0.272. The van der Waals surface area contributed by atoms with Crippen LogP contribution < -0.4 is 10.5 Å². The number of hydrogen-bond acceptors (Lipinski definition) is 4. The number of benzene rings is 1. The van der Waals surface area contributed by atoms with Gasteiger partial charge < -0.3 is 10.5 Å². The van der Waals surface area contributed by atoms with Gasteiger partial charge in [-0.15, -0.1) is 0 Å². The Morgan fingerprint density at radius 3 is 2.62 bits per heavy atom. The van der Waals surface area contributed by atoms with Crippen molar-refractivity contribution in [3.8, 4) is 22.9 Å². The largest absolute Gasteiger partial charge is 0.493 e. The Morgan fingerprint density at radius 1 is 1.29 bits per heavy atom. The topological polar surface area (TPSA) is 71.9 Å². The van der Waals surface area contributed by atoms with Crippen LogP contribution in [-0.4, -0.2) is 11.6 Å². The lowest BCUT2D eigenvalue weighted by atomic mass is 9.92. The van der Waals surface area contributed by atoms with Crippen LogP contribution in [0.25, 0.3) is 11.1 Å². The van der Waals surface area contributed by atoms with E-state index in [-0.39, 0.29) is 5.82 Å². The average Bonchev–Trinajstić information content (AvgIpc) is 2.47. The predicted octanol–water partition coefficient (Wildman–Crippen LogP) is 3.47. The maximum absolute atomic E-state index is 9.48. The van der Waals surface area contributed by atoms with Crippen LogP contribution in [0.15, 0.2) is 24.3 Å². The van der Waals surface area contributed by atoms with E-state index in [1.807, 2.05) is 45.0 Å². The number of hydrogen-bond donors (Lipinski definition) is 1. The van der Waals surface area contributed by atoms with Crippen molar-refractivity contribution in [2.24, 2.45) is 0 Å². The lowest BCUT2D eigenvalue weighted by molar-refractivity contribution is 0.341. The summed E-state index contributed by atoms with van der Waals surface area (Å²) in [6, 6.07) is 9.91. The van der Waals surface area contributed by atoms with Gasteiger partial charge >= 0.3 is 0 Å². The number of nitrogen functional groups attached to an aromatic ring is 1. The molecule has 2 aromatic rings. The Labute approximate surface area is 125 Å². The normalized spacial score (nSPS) is 10.2. The summed E-state index contributed by atoms with van der Waals surface area (Å²) in [5, 5.41) is 9.48. The summed E-state index contributed by atoms with van der Waals surface area (Å²) >= 11 is 0. The van der Waals surface area contributed by atoms with E-state index >= 15 is 0 Å². The minimum Gasteiger partial charge on any atom is -0.493 e. The fourth-order valence-corrected chi connectivity index (χ4v) is 2.56. The van der Waals surface area contributed by atoms with Gasteiger partial charge in [0.1, 0.15) is 23.2 Å². The van der Waals surface area contributed by atoms with Gasteiger partial charge in [-0.1, -0.05) is 25.1 Å². The molecule has 2 rings (SSSR count). The van der Waals surface area contributed by atoms with Crippen molar-refractivity contribution in [3.05, 3.63) is 41.1 Å². The van der Waals surface area contributed by atoms with Crippen molar-refractivity contribution >= 4 is 5.82 Å². The molecule has 4 nitrogen and oxygen atoms in total. The number of nitriles is 1. The molecule has 108 valence electrons. The number of aryl methyl sites for hydroxylation is 1. The Kier molecular flexibility index (Phi) is 4.44. The van der Waals surface area contributed by atoms with E-state index in [0.29, 0.717) is 12.2 Å². The van der Waals surface area contributed by atoms with Crippen molar-refractivity contribution in [3.63, 3.8) is 0 Å². The molecule has 1 aromatic heterocycles. The molecule has 0 aliphatic heterocycles. The Hall–Kier alpha value is -2.54. The first kappa shape index (κ1) is 14.9. The van der Waals surface area contributed by atoms with E-state index in [1.54, 1.807) is 0 Å². The fourth-order valence-electron chi connectivity index (χ4n) is 2.56. The molecule has 0 atom stereocenters. The summed E-state index contributed by atoms with van der Waals surface area (Å²) in [7, 11) is 0. The lowest BCUT2D eigenvalue weighted by Gasteiger charge is -2.17. The molecular weight excluding hydrogens is 262 g/mol. The molecule has 0 spiro atoms. The van der Waals surface area contributed by atoms with Crippen LogP contribution >= 0.6 is 0 Å². The predicted molar refractivity (Wildman–Crippen MR) is 84.1 cm³/mol. The molecule has 2 N–H and O–H groups in total. The summed E-state index contributed by atoms with van der Waals surface area (Å²) < 4.78 is 5.70. The monoisotopic (exact) mass is 281 g/mol. The maximum atomic E-state index is 9.48. The zero-order valence-electron chi connectivity index (χ0n) is 12.6. The van der Waals surface area contributed by atoms with E-state index in [0.717, 1.165) is 34.6 Å². The third-order valence-corrected chi connectivity index (χ3v) is 3.45. The second-order valence-electron chi connectivity index (χ2n) is 4.71. The third-order valence-electron chi connectivity index (χ3n) is 3.45. The zero-order valence-corrected chi connectivity index (χ0v) is 12.6. The smallest absolute Gasteiger partial charge is 0.142 e. The first-order valence-electron chi connectivity index (χ1n) is 7.05. The van der Waals surface area contributed by atoms with Gasteiger partial charge in [0, 0.05) is 16.8 Å². The molecular formula is C17H19N3O. The molecule has 0 aliphatic rings. The first-order valence-corrected chi connectivity index (χ1v) is 7.05. The average molecular weight is 281 g/mol. The SMILES string of the molecule is CCOc1ccccc1-c1c(C#N)c(N)nc(C)c1CC. The lowest BCUT2D eigenvalue weighted by Crippen LogP contribution is -2.06. The summed E-state index contributed by atoms with van der Waals surface area (Å²) in [6.45, 7) is 6.48. The molecule has 21 heavy (non-hydrogen) atoms. The van der Waals surface area contributed by atoms with Gasteiger partial charge in [0.2, 0.25) is 0 Å². The van der Waals surface area contributed by atoms with Crippen LogP contribution in [0.5, 0.6) is 5.75 Å². The van der Waals surface area contributed by atoms with Crippen LogP contribution in [0.3, 0.4) is 0 Å². The highest BCUT2D eigenvalue weighted by Crippen LogP contribution is 2.37. The van der Waals surface area contributed by atoms with Crippen molar-refractivity contribution in [1.82, 2.24) is 4.98 Å². The van der Waals surface area contributed by atoms with E-state index in [4.69, 9.17) is 10.5 Å².